The van der Waals surface area contributed by atoms with Gasteiger partial charge in [0, 0.05) is 19.9 Å². The van der Waals surface area contributed by atoms with Crippen molar-refractivity contribution in [2.24, 2.45) is 0 Å². The molecule has 0 saturated heterocycles. The van der Waals surface area contributed by atoms with E-state index >= 15 is 0 Å². The molecule has 0 saturated carbocycles. The van der Waals surface area contributed by atoms with E-state index < -0.39 is 16.4 Å². The van der Waals surface area contributed by atoms with Crippen LogP contribution in [0.15, 0.2) is 0 Å². The molecule has 11 heavy (non-hydrogen) atoms. The fourth-order valence-corrected chi connectivity index (χ4v) is 3.08. The van der Waals surface area contributed by atoms with Crippen molar-refractivity contribution < 1.29 is 13.5 Å². The normalized spacial score (nSPS) is 12.5. The van der Waals surface area contributed by atoms with Gasteiger partial charge in [-0.2, -0.15) is 0 Å². The summed E-state index contributed by atoms with van der Waals surface area (Å²) < 4.78 is 21.5. The Labute approximate surface area is 70.3 Å². The van der Waals surface area contributed by atoms with Crippen molar-refractivity contribution in [1.82, 2.24) is 0 Å². The van der Waals surface area contributed by atoms with E-state index in [2.05, 4.69) is 0 Å². The van der Waals surface area contributed by atoms with Gasteiger partial charge >= 0.3 is 0 Å². The minimum Gasteiger partial charge on any atom is -0.415 e. The van der Waals surface area contributed by atoms with Crippen LogP contribution < -0.4 is 0 Å². The average molecular weight is 195 g/mol. The van der Waals surface area contributed by atoms with E-state index in [-0.39, 0.29) is 0 Å². The standard InChI is InChI=1S/C6H16O3PSi/c1-5-9-11(4)6-8-10(2,3)7/h5-6H2,1-4H3. The fourth-order valence-electron chi connectivity index (χ4n) is 0.534. The van der Waals surface area contributed by atoms with Gasteiger partial charge in [-0.05, 0) is 13.5 Å². The van der Waals surface area contributed by atoms with Crippen LogP contribution in [0.2, 0.25) is 6.55 Å². The number of hydrogen-bond donors (Lipinski definition) is 0. The SMILES string of the molecule is CCO[Si](C)COP(C)(C)=O. The highest BCUT2D eigenvalue weighted by Crippen LogP contribution is 2.36. The second kappa shape index (κ2) is 5.09. The third-order valence-electron chi connectivity index (χ3n) is 0.969. The van der Waals surface area contributed by atoms with Gasteiger partial charge in [0.05, 0.1) is 6.23 Å². The van der Waals surface area contributed by atoms with Crippen LogP contribution in [0.4, 0.5) is 0 Å². The molecule has 0 aliphatic rings. The Kier molecular flexibility index (Phi) is 5.26. The van der Waals surface area contributed by atoms with Crippen molar-refractivity contribution in [2.75, 3.05) is 26.2 Å². The lowest BCUT2D eigenvalue weighted by Gasteiger charge is -2.11. The summed E-state index contributed by atoms with van der Waals surface area (Å²) in [4.78, 5) is 0. The summed E-state index contributed by atoms with van der Waals surface area (Å²) in [6.45, 7) is 7.91. The Morgan fingerprint density at radius 1 is 1.45 bits per heavy atom. The van der Waals surface area contributed by atoms with Gasteiger partial charge in [-0.3, -0.25) is 4.57 Å². The largest absolute Gasteiger partial charge is 0.415 e. The van der Waals surface area contributed by atoms with E-state index in [1.54, 1.807) is 13.3 Å². The third kappa shape index (κ3) is 8.27. The Bertz CT molecular complexity index is 145. The summed E-state index contributed by atoms with van der Waals surface area (Å²) in [5.74, 6) is 0. The zero-order valence-electron chi connectivity index (χ0n) is 7.59. The van der Waals surface area contributed by atoms with Gasteiger partial charge in [0.2, 0.25) is 9.04 Å². The van der Waals surface area contributed by atoms with Crippen LogP contribution in [-0.4, -0.2) is 35.2 Å². The second-order valence-corrected chi connectivity index (χ2v) is 7.40. The first-order chi connectivity index (χ1) is 4.95. The molecule has 0 aliphatic carbocycles. The molecule has 0 amide bonds. The number of hydrogen-bond acceptors (Lipinski definition) is 3. The Hall–Kier alpha value is 0.367. The molecular weight excluding hydrogens is 179 g/mol. The molecular formula is C6H16O3PSi. The number of rotatable bonds is 5. The molecule has 0 fully saturated rings. The molecule has 1 radical (unpaired) electrons. The lowest BCUT2D eigenvalue weighted by molar-refractivity contribution is 0.302. The first kappa shape index (κ1) is 11.4. The second-order valence-electron chi connectivity index (χ2n) is 2.66. The molecule has 0 unspecified atom stereocenters. The molecule has 0 aromatic heterocycles. The zero-order valence-corrected chi connectivity index (χ0v) is 9.48. The van der Waals surface area contributed by atoms with E-state index in [1.165, 1.54) is 0 Å². The van der Waals surface area contributed by atoms with Crippen LogP contribution in [0.5, 0.6) is 0 Å². The monoisotopic (exact) mass is 195 g/mol. The smallest absolute Gasteiger partial charge is 0.235 e. The maximum Gasteiger partial charge on any atom is 0.235 e. The molecule has 0 atom stereocenters. The molecule has 0 spiro atoms. The van der Waals surface area contributed by atoms with Crippen LogP contribution in [0, 0.1) is 0 Å². The van der Waals surface area contributed by atoms with Crippen LogP contribution >= 0.6 is 7.37 Å². The molecule has 0 aromatic rings. The molecule has 0 aliphatic heterocycles. The Morgan fingerprint density at radius 2 is 2.00 bits per heavy atom. The third-order valence-corrected chi connectivity index (χ3v) is 3.30. The highest BCUT2D eigenvalue weighted by molar-refractivity contribution is 7.57. The van der Waals surface area contributed by atoms with Crippen LogP contribution in [0.1, 0.15) is 6.92 Å². The molecule has 0 rings (SSSR count). The predicted molar refractivity (Wildman–Crippen MR) is 48.7 cm³/mol. The molecule has 0 aromatic carbocycles. The van der Waals surface area contributed by atoms with E-state index in [1.807, 2.05) is 13.5 Å². The highest BCUT2D eigenvalue weighted by atomic mass is 31.2. The van der Waals surface area contributed by atoms with Gasteiger partial charge in [0.1, 0.15) is 0 Å². The predicted octanol–water partition coefficient (Wildman–Crippen LogP) is 1.74. The first-order valence-corrected chi connectivity index (χ1v) is 8.24. The molecule has 0 bridgehead atoms. The van der Waals surface area contributed by atoms with Crippen molar-refractivity contribution in [3.8, 4) is 0 Å². The van der Waals surface area contributed by atoms with Gasteiger partial charge in [-0.1, -0.05) is 0 Å². The topological polar surface area (TPSA) is 35.5 Å². The summed E-state index contributed by atoms with van der Waals surface area (Å²) in [7, 11) is -3.17. The maximum absolute atomic E-state index is 11.1. The quantitative estimate of drug-likeness (QED) is 0.495. The molecule has 67 valence electrons. The summed E-state index contributed by atoms with van der Waals surface area (Å²) in [5, 5.41) is 0. The lowest BCUT2D eigenvalue weighted by Crippen LogP contribution is -2.20. The van der Waals surface area contributed by atoms with E-state index in [4.69, 9.17) is 8.95 Å². The van der Waals surface area contributed by atoms with Crippen LogP contribution in [0.3, 0.4) is 0 Å². The highest BCUT2D eigenvalue weighted by Gasteiger charge is 2.11. The molecule has 3 nitrogen and oxygen atoms in total. The van der Waals surface area contributed by atoms with Crippen LogP contribution in [-0.2, 0) is 13.5 Å². The first-order valence-electron chi connectivity index (χ1n) is 3.60. The van der Waals surface area contributed by atoms with Crippen molar-refractivity contribution in [3.05, 3.63) is 0 Å². The van der Waals surface area contributed by atoms with Crippen molar-refractivity contribution >= 4 is 16.4 Å². The average Bonchev–Trinajstić information content (AvgIpc) is 1.83. The van der Waals surface area contributed by atoms with E-state index in [0.717, 1.165) is 0 Å². The Morgan fingerprint density at radius 3 is 2.36 bits per heavy atom. The summed E-state index contributed by atoms with van der Waals surface area (Å²) in [6, 6.07) is 0. The molecule has 0 N–H and O–H groups in total. The van der Waals surface area contributed by atoms with Gasteiger partial charge in [0.15, 0.2) is 7.37 Å². The van der Waals surface area contributed by atoms with Crippen molar-refractivity contribution in [1.29, 1.82) is 0 Å². The van der Waals surface area contributed by atoms with E-state index in [0.29, 0.717) is 12.8 Å². The van der Waals surface area contributed by atoms with Crippen molar-refractivity contribution in [3.63, 3.8) is 0 Å². The lowest BCUT2D eigenvalue weighted by atomic mass is 10.9. The fraction of sp³-hybridized carbons (Fsp3) is 1.00. The maximum atomic E-state index is 11.1. The summed E-state index contributed by atoms with van der Waals surface area (Å²) in [6.07, 6.45) is 0.517. The van der Waals surface area contributed by atoms with Gasteiger partial charge < -0.3 is 8.95 Å². The zero-order chi connectivity index (χ0) is 8.91. The van der Waals surface area contributed by atoms with Crippen molar-refractivity contribution in [2.45, 2.75) is 13.5 Å². The van der Waals surface area contributed by atoms with Gasteiger partial charge in [-0.15, -0.1) is 0 Å². The van der Waals surface area contributed by atoms with Gasteiger partial charge in [-0.25, -0.2) is 0 Å². The van der Waals surface area contributed by atoms with Gasteiger partial charge in [0.25, 0.3) is 0 Å². The molecule has 0 heterocycles. The van der Waals surface area contributed by atoms with Crippen LogP contribution in [0.25, 0.3) is 0 Å². The minimum atomic E-state index is -2.30. The minimum absolute atomic E-state index is 0.517. The Balaban J connectivity index is 3.46. The summed E-state index contributed by atoms with van der Waals surface area (Å²) in [5.41, 5.74) is 0. The summed E-state index contributed by atoms with van der Waals surface area (Å²) >= 11 is 0. The molecule has 5 heteroatoms. The van der Waals surface area contributed by atoms with E-state index in [9.17, 15) is 4.57 Å².